The van der Waals surface area contributed by atoms with Gasteiger partial charge in [0.2, 0.25) is 0 Å². The van der Waals surface area contributed by atoms with Crippen molar-refractivity contribution >= 4 is 33.6 Å². The number of rotatable bonds is 4. The molecule has 3 nitrogen and oxygen atoms in total. The molecule has 4 aromatic rings. The zero-order valence-electron chi connectivity index (χ0n) is 16.4. The summed E-state index contributed by atoms with van der Waals surface area (Å²) in [5.74, 6) is 0.533. The third-order valence-corrected chi connectivity index (χ3v) is 6.79. The Morgan fingerprint density at radius 2 is 1.59 bits per heavy atom. The van der Waals surface area contributed by atoms with Crippen LogP contribution in [0.5, 0.6) is 0 Å². The summed E-state index contributed by atoms with van der Waals surface area (Å²) in [5, 5.41) is 6.44. The van der Waals surface area contributed by atoms with Crippen LogP contribution in [0.3, 0.4) is 0 Å². The maximum absolute atomic E-state index is 5.19. The Morgan fingerprint density at radius 3 is 2.31 bits per heavy atom. The quantitative estimate of drug-likeness (QED) is 0.293. The summed E-state index contributed by atoms with van der Waals surface area (Å²) in [6.45, 7) is 0.756. The number of hydrogen-bond acceptors (Lipinski definition) is 2. The van der Waals surface area contributed by atoms with Gasteiger partial charge in [-0.05, 0) is 46.6 Å². The number of nitrogens with zero attached hydrogens (tertiary/aromatic N) is 3. The van der Waals surface area contributed by atoms with Gasteiger partial charge in [0.05, 0.1) is 17.6 Å². The molecular weight excluding hydrogens is 469 g/mol. The number of halogens is 1. The van der Waals surface area contributed by atoms with Gasteiger partial charge in [-0.15, -0.1) is 0 Å². The van der Waals surface area contributed by atoms with Crippen LogP contribution in [0.1, 0.15) is 49.3 Å². The van der Waals surface area contributed by atoms with Crippen molar-refractivity contribution in [2.45, 2.75) is 44.6 Å². The van der Waals surface area contributed by atoms with Gasteiger partial charge in [-0.3, -0.25) is 0 Å². The lowest BCUT2D eigenvalue weighted by Crippen LogP contribution is -2.07. The minimum absolute atomic E-state index is 0.533. The van der Waals surface area contributed by atoms with Gasteiger partial charge in [-0.1, -0.05) is 79.9 Å². The Labute approximate surface area is 185 Å². The maximum atomic E-state index is 5.19. The lowest BCUT2D eigenvalue weighted by Gasteiger charge is -2.20. The first kappa shape index (κ1) is 18.8. The van der Waals surface area contributed by atoms with E-state index in [0.29, 0.717) is 5.92 Å². The topological polar surface area (TPSA) is 30.7 Å². The van der Waals surface area contributed by atoms with Gasteiger partial charge in [0.25, 0.3) is 0 Å². The second-order valence-electron chi connectivity index (χ2n) is 7.91. The molecule has 2 aromatic heterocycles. The van der Waals surface area contributed by atoms with E-state index in [2.05, 4.69) is 87.9 Å². The zero-order chi connectivity index (χ0) is 19.6. The molecular formula is C25H24IN3. The minimum atomic E-state index is 0.533. The van der Waals surface area contributed by atoms with Gasteiger partial charge in [-0.2, -0.15) is 5.10 Å². The summed E-state index contributed by atoms with van der Waals surface area (Å²) in [5.41, 5.74) is 6.06. The van der Waals surface area contributed by atoms with Crippen LogP contribution in [0.15, 0.2) is 66.9 Å². The molecule has 2 aromatic carbocycles. The molecule has 1 fully saturated rings. The number of hydrogen-bond donors (Lipinski definition) is 0. The second-order valence-corrected chi connectivity index (χ2v) is 9.07. The zero-order valence-corrected chi connectivity index (χ0v) is 18.5. The fraction of sp³-hybridized carbons (Fsp3) is 0.280. The third-order valence-electron chi connectivity index (χ3n) is 5.97. The van der Waals surface area contributed by atoms with E-state index in [0.717, 1.165) is 12.2 Å². The highest BCUT2D eigenvalue weighted by atomic mass is 127. The summed E-state index contributed by atoms with van der Waals surface area (Å²) in [7, 11) is 0. The fourth-order valence-electron chi connectivity index (χ4n) is 4.56. The van der Waals surface area contributed by atoms with Crippen molar-refractivity contribution in [2.75, 3.05) is 0 Å². The molecule has 0 spiro atoms. The van der Waals surface area contributed by atoms with Gasteiger partial charge in [0.15, 0.2) is 5.65 Å². The van der Waals surface area contributed by atoms with E-state index in [4.69, 9.17) is 10.1 Å². The van der Waals surface area contributed by atoms with Crippen LogP contribution in [0.25, 0.3) is 22.2 Å². The molecule has 146 valence electrons. The highest BCUT2D eigenvalue weighted by molar-refractivity contribution is 14.1. The van der Waals surface area contributed by atoms with E-state index >= 15 is 0 Å². The largest absolute Gasteiger partial charge is 0.243 e. The number of aromatic nitrogens is 3. The first-order valence-corrected chi connectivity index (χ1v) is 11.5. The van der Waals surface area contributed by atoms with Gasteiger partial charge in [-0.25, -0.2) is 9.67 Å². The molecule has 29 heavy (non-hydrogen) atoms. The van der Waals surface area contributed by atoms with Crippen LogP contribution in [-0.4, -0.2) is 14.8 Å². The van der Waals surface area contributed by atoms with Crippen LogP contribution >= 0.6 is 22.6 Å². The molecule has 0 bridgehead atoms. The Hall–Kier alpha value is -2.21. The van der Waals surface area contributed by atoms with Gasteiger partial charge in [0, 0.05) is 21.2 Å². The molecule has 0 aliphatic heterocycles. The molecule has 4 heteroatoms. The average molecular weight is 493 g/mol. The SMILES string of the molecule is Ic1cnc2c(c(C3CCCCC3)nn2Cc2ccccc2)c1-c1ccccc1. The number of fused-ring (bicyclic) bond motifs is 1. The van der Waals surface area contributed by atoms with Crippen LogP contribution in [0, 0.1) is 3.57 Å². The van der Waals surface area contributed by atoms with Crippen molar-refractivity contribution in [2.24, 2.45) is 0 Å². The predicted octanol–water partition coefficient (Wildman–Crippen LogP) is 6.80. The van der Waals surface area contributed by atoms with E-state index in [9.17, 15) is 0 Å². The summed E-state index contributed by atoms with van der Waals surface area (Å²) >= 11 is 2.43. The van der Waals surface area contributed by atoms with Crippen LogP contribution in [0.4, 0.5) is 0 Å². The average Bonchev–Trinajstić information content (AvgIpc) is 3.14. The Morgan fingerprint density at radius 1 is 0.897 bits per heavy atom. The van der Waals surface area contributed by atoms with E-state index in [1.807, 2.05) is 6.20 Å². The van der Waals surface area contributed by atoms with Crippen molar-refractivity contribution in [1.82, 2.24) is 14.8 Å². The van der Waals surface area contributed by atoms with E-state index in [1.165, 1.54) is 63.4 Å². The molecule has 0 unspecified atom stereocenters. The van der Waals surface area contributed by atoms with Crippen molar-refractivity contribution in [3.05, 3.63) is 81.7 Å². The fourth-order valence-corrected chi connectivity index (χ4v) is 5.28. The highest BCUT2D eigenvalue weighted by Gasteiger charge is 2.26. The van der Waals surface area contributed by atoms with Crippen molar-refractivity contribution in [1.29, 1.82) is 0 Å². The number of benzene rings is 2. The van der Waals surface area contributed by atoms with E-state index < -0.39 is 0 Å². The molecule has 2 heterocycles. The summed E-state index contributed by atoms with van der Waals surface area (Å²) in [6, 6.07) is 21.3. The van der Waals surface area contributed by atoms with Crippen molar-refractivity contribution in [3.63, 3.8) is 0 Å². The predicted molar refractivity (Wildman–Crippen MR) is 127 cm³/mol. The highest BCUT2D eigenvalue weighted by Crippen LogP contribution is 2.41. The molecule has 0 N–H and O–H groups in total. The van der Waals surface area contributed by atoms with E-state index in [1.54, 1.807) is 0 Å². The lowest BCUT2D eigenvalue weighted by molar-refractivity contribution is 0.434. The first-order valence-electron chi connectivity index (χ1n) is 10.5. The van der Waals surface area contributed by atoms with Crippen molar-refractivity contribution in [3.8, 4) is 11.1 Å². The summed E-state index contributed by atoms with van der Waals surface area (Å²) < 4.78 is 3.31. The standard InChI is InChI=1S/C25H24IN3/c26-21-16-27-25-23(22(21)19-12-6-2-7-13-19)24(20-14-8-3-9-15-20)28-29(25)17-18-10-4-1-5-11-18/h1-2,4-7,10-13,16,20H,3,8-9,14-15,17H2. The van der Waals surface area contributed by atoms with Crippen LogP contribution in [-0.2, 0) is 6.54 Å². The van der Waals surface area contributed by atoms with E-state index in [-0.39, 0.29) is 0 Å². The van der Waals surface area contributed by atoms with Crippen molar-refractivity contribution < 1.29 is 0 Å². The first-order chi connectivity index (χ1) is 14.3. The Balaban J connectivity index is 1.73. The molecule has 0 radical (unpaired) electrons. The summed E-state index contributed by atoms with van der Waals surface area (Å²) in [4.78, 5) is 4.87. The van der Waals surface area contributed by atoms with Gasteiger partial charge < -0.3 is 0 Å². The van der Waals surface area contributed by atoms with Gasteiger partial charge in [0.1, 0.15) is 0 Å². The number of pyridine rings is 1. The second kappa shape index (κ2) is 8.27. The maximum Gasteiger partial charge on any atom is 0.159 e. The molecule has 0 saturated heterocycles. The van der Waals surface area contributed by atoms with Crippen LogP contribution in [0.2, 0.25) is 0 Å². The smallest absolute Gasteiger partial charge is 0.159 e. The molecule has 0 atom stereocenters. The lowest BCUT2D eigenvalue weighted by atomic mass is 9.85. The Bertz CT molecular complexity index is 1110. The minimum Gasteiger partial charge on any atom is -0.243 e. The molecule has 5 rings (SSSR count). The summed E-state index contributed by atoms with van der Waals surface area (Å²) in [6.07, 6.45) is 8.42. The Kier molecular flexibility index (Phi) is 5.36. The van der Waals surface area contributed by atoms with Gasteiger partial charge >= 0.3 is 0 Å². The normalized spacial score (nSPS) is 15.1. The molecule has 0 amide bonds. The molecule has 1 aliphatic carbocycles. The monoisotopic (exact) mass is 493 g/mol. The molecule has 1 saturated carbocycles. The van der Waals surface area contributed by atoms with Crippen LogP contribution < -0.4 is 0 Å². The third kappa shape index (κ3) is 3.70. The molecule has 1 aliphatic rings.